The van der Waals surface area contributed by atoms with Gasteiger partial charge in [-0.3, -0.25) is 4.98 Å². The van der Waals surface area contributed by atoms with Gasteiger partial charge in [-0.1, -0.05) is 0 Å². The molecule has 0 bridgehead atoms. The molecule has 3 aromatic rings. The van der Waals surface area contributed by atoms with E-state index >= 15 is 0 Å². The molecular weight excluding hydrogens is 382 g/mol. The first-order valence-electron chi connectivity index (χ1n) is 9.64. The van der Waals surface area contributed by atoms with E-state index in [9.17, 15) is 8.78 Å². The molecular formula is C19H18F2N6O2. The Morgan fingerprint density at radius 3 is 2.52 bits per heavy atom. The number of pyridine rings is 1. The summed E-state index contributed by atoms with van der Waals surface area (Å²) in [4.78, 5) is 15.0. The minimum atomic E-state index is -0.769. The van der Waals surface area contributed by atoms with Crippen LogP contribution in [0, 0.1) is 29.4 Å². The lowest BCUT2D eigenvalue weighted by atomic mass is 10.2. The van der Waals surface area contributed by atoms with Gasteiger partial charge in [0, 0.05) is 19.0 Å². The van der Waals surface area contributed by atoms with Gasteiger partial charge >= 0.3 is 0 Å². The van der Waals surface area contributed by atoms with Crippen LogP contribution in [0.4, 0.5) is 14.6 Å². The zero-order valence-electron chi connectivity index (χ0n) is 15.4. The molecule has 2 unspecified atom stereocenters. The van der Waals surface area contributed by atoms with Crippen LogP contribution >= 0.6 is 0 Å². The summed E-state index contributed by atoms with van der Waals surface area (Å²) < 4.78 is 39.9. The topological polar surface area (TPSA) is 78.2 Å². The number of aromatic nitrogens is 5. The molecule has 10 heteroatoms. The molecule has 0 aromatic carbocycles. The average molecular weight is 400 g/mol. The molecule has 29 heavy (non-hydrogen) atoms. The Kier molecular flexibility index (Phi) is 3.70. The van der Waals surface area contributed by atoms with Crippen LogP contribution < -0.4 is 9.64 Å². The van der Waals surface area contributed by atoms with E-state index in [1.54, 1.807) is 12.4 Å². The number of rotatable bonds is 5. The number of nitrogens with zero attached hydrogens (tertiary/aromatic N) is 6. The van der Waals surface area contributed by atoms with Crippen LogP contribution in [0.2, 0.25) is 0 Å². The minimum absolute atomic E-state index is 0.222. The van der Waals surface area contributed by atoms with E-state index in [1.807, 2.05) is 4.68 Å². The number of hydrogen-bond donors (Lipinski definition) is 0. The summed E-state index contributed by atoms with van der Waals surface area (Å²) in [6, 6.07) is 0.222. The van der Waals surface area contributed by atoms with Crippen molar-refractivity contribution < 1.29 is 18.3 Å². The van der Waals surface area contributed by atoms with Gasteiger partial charge in [0.15, 0.2) is 23.0 Å². The van der Waals surface area contributed by atoms with E-state index in [0.29, 0.717) is 37.6 Å². The predicted molar refractivity (Wildman–Crippen MR) is 97.5 cm³/mol. The lowest BCUT2D eigenvalue weighted by Gasteiger charge is -2.26. The molecule has 0 radical (unpaired) electrons. The summed E-state index contributed by atoms with van der Waals surface area (Å²) in [5.41, 5.74) is 1.55. The molecule has 6 rings (SSSR count). The van der Waals surface area contributed by atoms with Gasteiger partial charge in [-0.05, 0) is 11.8 Å². The Bertz CT molecular complexity index is 1060. The van der Waals surface area contributed by atoms with Gasteiger partial charge < -0.3 is 14.4 Å². The highest BCUT2D eigenvalue weighted by Gasteiger charge is 2.56. The van der Waals surface area contributed by atoms with Gasteiger partial charge in [-0.15, -0.1) is 0 Å². The van der Waals surface area contributed by atoms with E-state index in [2.05, 4.69) is 20.0 Å². The molecule has 2 saturated heterocycles. The van der Waals surface area contributed by atoms with Crippen molar-refractivity contribution >= 4 is 17.0 Å². The van der Waals surface area contributed by atoms with Crippen molar-refractivity contribution in [3.63, 3.8) is 0 Å². The fourth-order valence-corrected chi connectivity index (χ4v) is 4.40. The molecule has 5 heterocycles. The van der Waals surface area contributed by atoms with Crippen LogP contribution in [-0.4, -0.2) is 57.6 Å². The Morgan fingerprint density at radius 2 is 1.83 bits per heavy atom. The maximum atomic E-state index is 13.6. The van der Waals surface area contributed by atoms with Crippen LogP contribution in [0.25, 0.3) is 11.2 Å². The fraction of sp³-hybridized carbons (Fsp3) is 0.474. The van der Waals surface area contributed by atoms with Crippen LogP contribution in [0.1, 0.15) is 6.04 Å². The molecule has 1 aliphatic carbocycles. The second-order valence-corrected chi connectivity index (χ2v) is 7.86. The highest BCUT2D eigenvalue weighted by atomic mass is 19.1. The average Bonchev–Trinajstić information content (AvgIpc) is 3.02. The Morgan fingerprint density at radius 1 is 1.07 bits per heavy atom. The van der Waals surface area contributed by atoms with E-state index in [4.69, 9.17) is 14.5 Å². The lowest BCUT2D eigenvalue weighted by molar-refractivity contribution is -0.0269. The maximum Gasteiger partial charge on any atom is 0.193 e. The highest BCUT2D eigenvalue weighted by molar-refractivity contribution is 5.71. The summed E-state index contributed by atoms with van der Waals surface area (Å²) in [7, 11) is 0. The number of halogens is 2. The third-order valence-corrected chi connectivity index (χ3v) is 6.18. The quantitative estimate of drug-likeness (QED) is 0.647. The van der Waals surface area contributed by atoms with Gasteiger partial charge in [0.05, 0.1) is 44.6 Å². The summed E-state index contributed by atoms with van der Waals surface area (Å²) in [6.07, 6.45) is 5.44. The number of ether oxygens (including phenoxy) is 2. The second-order valence-electron chi connectivity index (χ2n) is 7.86. The first-order chi connectivity index (χ1) is 14.2. The van der Waals surface area contributed by atoms with Crippen molar-refractivity contribution in [3.05, 3.63) is 36.4 Å². The van der Waals surface area contributed by atoms with Gasteiger partial charge in [-0.2, -0.15) is 5.10 Å². The fourth-order valence-electron chi connectivity index (χ4n) is 4.40. The number of piperidine rings is 1. The van der Waals surface area contributed by atoms with Crippen molar-refractivity contribution in [2.45, 2.75) is 6.04 Å². The van der Waals surface area contributed by atoms with Crippen molar-refractivity contribution in [2.24, 2.45) is 17.8 Å². The minimum Gasteiger partial charge on any atom is -0.487 e. The van der Waals surface area contributed by atoms with Gasteiger partial charge in [0.2, 0.25) is 0 Å². The second kappa shape index (κ2) is 6.31. The Hall–Kier alpha value is -2.88. The van der Waals surface area contributed by atoms with Crippen molar-refractivity contribution in [3.8, 4) is 5.75 Å². The molecule has 2 atom stereocenters. The van der Waals surface area contributed by atoms with Crippen LogP contribution in [0.5, 0.6) is 5.75 Å². The van der Waals surface area contributed by atoms with Crippen LogP contribution in [0.3, 0.4) is 0 Å². The zero-order chi connectivity index (χ0) is 19.5. The molecule has 3 aliphatic rings. The summed E-state index contributed by atoms with van der Waals surface area (Å²) >= 11 is 0. The lowest BCUT2D eigenvalue weighted by Crippen LogP contribution is -2.31. The third kappa shape index (κ3) is 2.73. The monoisotopic (exact) mass is 400 g/mol. The molecule has 150 valence electrons. The van der Waals surface area contributed by atoms with Crippen molar-refractivity contribution in [1.82, 2.24) is 24.7 Å². The summed E-state index contributed by atoms with van der Waals surface area (Å²) in [5.74, 6) is 0.122. The third-order valence-electron chi connectivity index (χ3n) is 6.18. The standard InChI is InChI=1S/C19H18F2N6O2/c20-14-1-22-2-15(21)18(14)29-9-13-11-5-26(6-12(11)13)17-4-23-16-3-24-27(19(16)25-17)10-7-28-8-10/h1-4,10-13H,5-9H2. The van der Waals surface area contributed by atoms with E-state index in [0.717, 1.165) is 42.5 Å². The molecule has 3 aromatic heterocycles. The maximum absolute atomic E-state index is 13.6. The Labute approximate surface area is 164 Å². The first-order valence-corrected chi connectivity index (χ1v) is 9.64. The molecule has 1 saturated carbocycles. The van der Waals surface area contributed by atoms with Crippen LogP contribution in [-0.2, 0) is 4.74 Å². The molecule has 0 spiro atoms. The molecule has 0 amide bonds. The van der Waals surface area contributed by atoms with Gasteiger partial charge in [-0.25, -0.2) is 23.4 Å². The van der Waals surface area contributed by atoms with Gasteiger partial charge in [0.25, 0.3) is 0 Å². The number of fused-ring (bicyclic) bond motifs is 2. The summed E-state index contributed by atoms with van der Waals surface area (Å²) in [5, 5.41) is 4.40. The molecule has 8 nitrogen and oxygen atoms in total. The largest absolute Gasteiger partial charge is 0.487 e. The number of anilines is 1. The highest BCUT2D eigenvalue weighted by Crippen LogP contribution is 2.52. The van der Waals surface area contributed by atoms with E-state index in [1.165, 1.54) is 0 Å². The van der Waals surface area contributed by atoms with Crippen LogP contribution in [0.15, 0.2) is 24.8 Å². The van der Waals surface area contributed by atoms with Gasteiger partial charge in [0.1, 0.15) is 17.4 Å². The smallest absolute Gasteiger partial charge is 0.193 e. The predicted octanol–water partition coefficient (Wildman–Crippen LogP) is 1.83. The SMILES string of the molecule is Fc1cncc(F)c1OCC1C2CN(c3cnc4cnn(C5COC5)c4n3)CC12. The van der Waals surface area contributed by atoms with E-state index < -0.39 is 11.6 Å². The van der Waals surface area contributed by atoms with E-state index in [-0.39, 0.29) is 11.8 Å². The number of hydrogen-bond acceptors (Lipinski definition) is 7. The zero-order valence-corrected chi connectivity index (χ0v) is 15.4. The van der Waals surface area contributed by atoms with Crippen molar-refractivity contribution in [2.75, 3.05) is 37.8 Å². The molecule has 2 aliphatic heterocycles. The normalized spacial score (nSPS) is 25.9. The summed E-state index contributed by atoms with van der Waals surface area (Å²) in [6.45, 7) is 3.27. The first kappa shape index (κ1) is 17.0. The van der Waals surface area contributed by atoms with Crippen molar-refractivity contribution in [1.29, 1.82) is 0 Å². The Balaban J connectivity index is 1.12. The molecule has 3 fully saturated rings. The molecule has 0 N–H and O–H groups in total.